The van der Waals surface area contributed by atoms with E-state index in [2.05, 4.69) is 34.4 Å². The van der Waals surface area contributed by atoms with Crippen LogP contribution in [0.2, 0.25) is 0 Å². The van der Waals surface area contributed by atoms with Crippen LogP contribution >= 0.6 is 11.8 Å². The van der Waals surface area contributed by atoms with Gasteiger partial charge in [0.05, 0.1) is 17.1 Å². The van der Waals surface area contributed by atoms with Crippen molar-refractivity contribution in [1.29, 1.82) is 0 Å². The van der Waals surface area contributed by atoms with Gasteiger partial charge in [0, 0.05) is 33.8 Å². The Morgan fingerprint density at radius 3 is 2.30 bits per heavy atom. The number of nitrogens with one attached hydrogen (secondary N) is 2. The van der Waals surface area contributed by atoms with Crippen molar-refractivity contribution in [2.24, 2.45) is 0 Å². The summed E-state index contributed by atoms with van der Waals surface area (Å²) in [5, 5.41) is 7.03. The lowest BCUT2D eigenvalue weighted by Gasteiger charge is -2.26. The third-order valence-electron chi connectivity index (χ3n) is 7.50. The second-order valence-electron chi connectivity index (χ2n) is 12.6. The van der Waals surface area contributed by atoms with Crippen molar-refractivity contribution in [1.82, 2.24) is 19.9 Å². The number of aromatic nitrogens is 3. The topological polar surface area (TPSA) is 109 Å². The minimum absolute atomic E-state index is 0.102. The maximum absolute atomic E-state index is 13.8. The van der Waals surface area contributed by atoms with E-state index in [0.29, 0.717) is 28.4 Å². The van der Waals surface area contributed by atoms with E-state index < -0.39 is 11.7 Å². The number of pyridine rings is 1. The molecule has 10 heteroatoms. The third kappa shape index (κ3) is 8.45. The molecule has 0 radical (unpaired) electrons. The Labute approximate surface area is 280 Å². The molecule has 47 heavy (non-hydrogen) atoms. The summed E-state index contributed by atoms with van der Waals surface area (Å²) in [5.74, 6) is 0.749. The highest BCUT2D eigenvalue weighted by Crippen LogP contribution is 2.37. The number of benzene rings is 3. The first kappa shape index (κ1) is 33.4. The second-order valence-corrected chi connectivity index (χ2v) is 13.7. The van der Waals surface area contributed by atoms with Crippen molar-refractivity contribution in [3.8, 4) is 0 Å². The smallest absolute Gasteiger partial charge is 0.412 e. The molecular formula is C37H40N6O3S. The maximum atomic E-state index is 13.8. The van der Waals surface area contributed by atoms with Crippen LogP contribution in [-0.2, 0) is 4.74 Å². The number of carbonyl (C=O) groups excluding carboxylic acids is 2. The van der Waals surface area contributed by atoms with E-state index in [0.717, 1.165) is 26.4 Å². The van der Waals surface area contributed by atoms with Gasteiger partial charge < -0.3 is 15.0 Å². The van der Waals surface area contributed by atoms with Crippen molar-refractivity contribution in [3.05, 3.63) is 108 Å². The Bertz CT molecular complexity index is 1870. The van der Waals surface area contributed by atoms with Crippen LogP contribution < -0.4 is 10.6 Å². The minimum Gasteiger partial charge on any atom is -0.444 e. The number of hydrogen-bond acceptors (Lipinski definition) is 8. The van der Waals surface area contributed by atoms with Gasteiger partial charge in [0.2, 0.25) is 0 Å². The quantitative estimate of drug-likeness (QED) is 0.163. The highest BCUT2D eigenvalue weighted by molar-refractivity contribution is 7.99. The fourth-order valence-corrected chi connectivity index (χ4v) is 5.73. The van der Waals surface area contributed by atoms with Crippen molar-refractivity contribution >= 4 is 52.0 Å². The molecule has 2 amide bonds. The molecular weight excluding hydrogens is 609 g/mol. The summed E-state index contributed by atoms with van der Waals surface area (Å²) in [5.41, 5.74) is 3.89. The average molecular weight is 649 g/mol. The number of hydrogen-bond donors (Lipinski definition) is 2. The molecule has 9 nitrogen and oxygen atoms in total. The normalized spacial score (nSPS) is 12.1. The van der Waals surface area contributed by atoms with Gasteiger partial charge >= 0.3 is 6.09 Å². The summed E-state index contributed by atoms with van der Waals surface area (Å²) >= 11 is 1.52. The van der Waals surface area contributed by atoms with Gasteiger partial charge in [-0.2, -0.15) is 0 Å². The fourth-order valence-electron chi connectivity index (χ4n) is 4.84. The number of fused-ring (bicyclic) bond motifs is 1. The van der Waals surface area contributed by atoms with Gasteiger partial charge in [0.25, 0.3) is 5.91 Å². The number of rotatable bonds is 9. The van der Waals surface area contributed by atoms with Crippen molar-refractivity contribution in [2.45, 2.75) is 68.9 Å². The molecule has 5 aromatic rings. The first-order valence-corrected chi connectivity index (χ1v) is 16.3. The van der Waals surface area contributed by atoms with Gasteiger partial charge in [-0.25, -0.2) is 19.7 Å². The zero-order chi connectivity index (χ0) is 33.7. The SMILES string of the molecule is CC(C)c1ccc2c(Nc3cc(C(=O)N(C)[C@@H](C)c4ccccc4)ccc3Sc3ccc(NC(=O)OC(C)(C)C)cc3)ncnc2n1. The number of carbonyl (C=O) groups is 2. The fraction of sp³-hybridized carbons (Fsp3) is 0.270. The summed E-state index contributed by atoms with van der Waals surface area (Å²) in [6, 6.07) is 27.0. The first-order valence-electron chi connectivity index (χ1n) is 15.5. The number of nitrogens with zero attached hydrogens (tertiary/aromatic N) is 4. The zero-order valence-corrected chi connectivity index (χ0v) is 28.6. The molecule has 0 saturated heterocycles. The Hall–Kier alpha value is -4.96. The van der Waals surface area contributed by atoms with Crippen LogP contribution in [0.5, 0.6) is 0 Å². The molecule has 3 aromatic carbocycles. The third-order valence-corrected chi connectivity index (χ3v) is 8.58. The molecule has 242 valence electrons. The molecule has 0 aliphatic carbocycles. The molecule has 0 aliphatic heterocycles. The Balaban J connectivity index is 1.46. The van der Waals surface area contributed by atoms with Crippen LogP contribution in [0.3, 0.4) is 0 Å². The average Bonchev–Trinajstić information content (AvgIpc) is 3.04. The minimum atomic E-state index is -0.590. The highest BCUT2D eigenvalue weighted by Gasteiger charge is 2.21. The molecule has 2 heterocycles. The van der Waals surface area contributed by atoms with Crippen LogP contribution in [0.4, 0.5) is 22.0 Å². The summed E-state index contributed by atoms with van der Waals surface area (Å²) < 4.78 is 5.37. The number of amides is 2. The van der Waals surface area contributed by atoms with Gasteiger partial charge in [0.15, 0.2) is 5.65 Å². The van der Waals surface area contributed by atoms with Gasteiger partial charge in [0.1, 0.15) is 17.7 Å². The zero-order valence-electron chi connectivity index (χ0n) is 27.7. The highest BCUT2D eigenvalue weighted by atomic mass is 32.2. The molecule has 0 unspecified atom stereocenters. The molecule has 0 spiro atoms. The van der Waals surface area contributed by atoms with E-state index in [9.17, 15) is 9.59 Å². The number of ether oxygens (including phenoxy) is 1. The van der Waals surface area contributed by atoms with E-state index >= 15 is 0 Å². The van der Waals surface area contributed by atoms with Gasteiger partial charge in [-0.05, 0) is 93.8 Å². The van der Waals surface area contributed by atoms with Crippen LogP contribution in [0.1, 0.15) is 75.1 Å². The first-order chi connectivity index (χ1) is 22.4. The van der Waals surface area contributed by atoms with Crippen LogP contribution in [-0.4, -0.2) is 44.5 Å². The van der Waals surface area contributed by atoms with E-state index in [1.807, 2.05) is 120 Å². The molecule has 2 N–H and O–H groups in total. The van der Waals surface area contributed by atoms with E-state index in [1.165, 1.54) is 18.1 Å². The molecule has 0 fully saturated rings. The van der Waals surface area contributed by atoms with Crippen LogP contribution in [0.25, 0.3) is 11.0 Å². The summed E-state index contributed by atoms with van der Waals surface area (Å²) in [7, 11) is 1.82. The Morgan fingerprint density at radius 1 is 0.894 bits per heavy atom. The van der Waals surface area contributed by atoms with E-state index in [4.69, 9.17) is 9.72 Å². The van der Waals surface area contributed by atoms with Crippen molar-refractivity contribution in [2.75, 3.05) is 17.7 Å². The van der Waals surface area contributed by atoms with E-state index in [-0.39, 0.29) is 17.9 Å². The monoisotopic (exact) mass is 648 g/mol. The Kier molecular flexibility index (Phi) is 10.1. The maximum Gasteiger partial charge on any atom is 0.412 e. The molecule has 2 aromatic heterocycles. The second kappa shape index (κ2) is 14.2. The predicted octanol–water partition coefficient (Wildman–Crippen LogP) is 9.22. The standard InChI is InChI=1S/C37H40N6O3S/c1-23(2)30-19-18-29-33(41-30)38-22-39-34(29)42-31-21-26(35(44)43(7)24(3)25-11-9-8-10-12-25)13-20-32(31)47-28-16-14-27(15-17-28)40-36(45)46-37(4,5)6/h8-24H,1-7H3,(H,40,45)(H,38,39,41,42)/t24-/m0/s1. The molecule has 1 atom stereocenters. The van der Waals surface area contributed by atoms with Gasteiger partial charge in [-0.3, -0.25) is 10.1 Å². The molecule has 0 saturated carbocycles. The summed E-state index contributed by atoms with van der Waals surface area (Å²) in [6.07, 6.45) is 0.984. The lowest BCUT2D eigenvalue weighted by molar-refractivity contribution is 0.0635. The lowest BCUT2D eigenvalue weighted by atomic mass is 10.1. The predicted molar refractivity (Wildman–Crippen MR) is 189 cm³/mol. The largest absolute Gasteiger partial charge is 0.444 e. The van der Waals surface area contributed by atoms with Crippen molar-refractivity contribution < 1.29 is 14.3 Å². The summed E-state index contributed by atoms with van der Waals surface area (Å²) in [4.78, 5) is 43.3. The van der Waals surface area contributed by atoms with E-state index in [1.54, 1.807) is 4.90 Å². The Morgan fingerprint density at radius 2 is 1.62 bits per heavy atom. The van der Waals surface area contributed by atoms with Crippen molar-refractivity contribution in [3.63, 3.8) is 0 Å². The van der Waals surface area contributed by atoms with Gasteiger partial charge in [-0.1, -0.05) is 55.9 Å². The van der Waals surface area contributed by atoms with Crippen LogP contribution in [0, 0.1) is 0 Å². The van der Waals surface area contributed by atoms with Gasteiger partial charge in [-0.15, -0.1) is 0 Å². The lowest BCUT2D eigenvalue weighted by Crippen LogP contribution is -2.29. The summed E-state index contributed by atoms with van der Waals surface area (Å²) in [6.45, 7) is 11.7. The molecule has 0 aliphatic rings. The van der Waals surface area contributed by atoms with Crippen LogP contribution in [0.15, 0.2) is 101 Å². The molecule has 0 bridgehead atoms. The number of anilines is 3. The molecule has 5 rings (SSSR count).